The summed E-state index contributed by atoms with van der Waals surface area (Å²) in [7, 11) is 1.65. The molecule has 0 unspecified atom stereocenters. The lowest BCUT2D eigenvalue weighted by atomic mass is 10.1. The number of hydrogen-bond acceptors (Lipinski definition) is 3. The zero-order chi connectivity index (χ0) is 19.8. The van der Waals surface area contributed by atoms with Crippen molar-refractivity contribution in [1.29, 1.82) is 0 Å². The maximum Gasteiger partial charge on any atom is 0.251 e. The molecule has 0 spiro atoms. The van der Waals surface area contributed by atoms with Gasteiger partial charge in [-0.15, -0.1) is 0 Å². The maximum absolute atomic E-state index is 12.0. The van der Waals surface area contributed by atoms with Crippen LogP contribution < -0.4 is 15.4 Å². The minimum Gasteiger partial charge on any atom is -0.497 e. The van der Waals surface area contributed by atoms with Crippen molar-refractivity contribution in [1.82, 2.24) is 10.6 Å². The van der Waals surface area contributed by atoms with Crippen molar-refractivity contribution in [2.45, 2.75) is 19.4 Å². The van der Waals surface area contributed by atoms with Crippen molar-refractivity contribution in [2.75, 3.05) is 13.7 Å². The molecule has 3 aromatic carbocycles. The molecule has 0 saturated carbocycles. The second-order valence-electron chi connectivity index (χ2n) is 6.55. The summed E-state index contributed by atoms with van der Waals surface area (Å²) in [5, 5.41) is 7.97. The van der Waals surface area contributed by atoms with E-state index in [1.165, 1.54) is 0 Å². The van der Waals surface area contributed by atoms with Crippen LogP contribution in [0.25, 0.3) is 10.8 Å². The third kappa shape index (κ3) is 5.33. The molecule has 0 aliphatic rings. The molecular weight excluding hydrogens is 352 g/mol. The SMILES string of the molecule is COc1ccc2cc(CNC(=O)CCCNC(=O)c3ccccc3)ccc2c1. The summed E-state index contributed by atoms with van der Waals surface area (Å²) in [6.45, 7) is 0.954. The summed E-state index contributed by atoms with van der Waals surface area (Å²) < 4.78 is 5.23. The summed E-state index contributed by atoms with van der Waals surface area (Å²) in [6.07, 6.45) is 0.974. The van der Waals surface area contributed by atoms with Gasteiger partial charge >= 0.3 is 0 Å². The van der Waals surface area contributed by atoms with Crippen LogP contribution in [0.1, 0.15) is 28.8 Å². The van der Waals surface area contributed by atoms with Crippen molar-refractivity contribution in [3.05, 3.63) is 77.9 Å². The highest BCUT2D eigenvalue weighted by Crippen LogP contribution is 2.21. The average Bonchev–Trinajstić information content (AvgIpc) is 2.75. The summed E-state index contributed by atoms with van der Waals surface area (Å²) >= 11 is 0. The van der Waals surface area contributed by atoms with E-state index >= 15 is 0 Å². The molecule has 0 fully saturated rings. The minimum atomic E-state index is -0.117. The first-order chi connectivity index (χ1) is 13.7. The normalized spacial score (nSPS) is 10.5. The van der Waals surface area contributed by atoms with Gasteiger partial charge in [-0.25, -0.2) is 0 Å². The van der Waals surface area contributed by atoms with Crippen LogP contribution >= 0.6 is 0 Å². The molecule has 0 radical (unpaired) electrons. The topological polar surface area (TPSA) is 67.4 Å². The van der Waals surface area contributed by atoms with Crippen molar-refractivity contribution >= 4 is 22.6 Å². The van der Waals surface area contributed by atoms with Gasteiger partial charge in [-0.3, -0.25) is 9.59 Å². The third-order valence-electron chi connectivity index (χ3n) is 4.50. The Morgan fingerprint density at radius 3 is 2.43 bits per heavy atom. The predicted molar refractivity (Wildman–Crippen MR) is 110 cm³/mol. The molecule has 28 heavy (non-hydrogen) atoms. The summed E-state index contributed by atoms with van der Waals surface area (Å²) in [5.74, 6) is 0.686. The highest BCUT2D eigenvalue weighted by Gasteiger charge is 2.06. The van der Waals surface area contributed by atoms with Gasteiger partial charge in [0.05, 0.1) is 7.11 Å². The van der Waals surface area contributed by atoms with Gasteiger partial charge in [-0.1, -0.05) is 36.4 Å². The van der Waals surface area contributed by atoms with E-state index in [-0.39, 0.29) is 11.8 Å². The van der Waals surface area contributed by atoms with Gasteiger partial charge in [0.15, 0.2) is 0 Å². The molecule has 0 aliphatic heterocycles. The Bertz CT molecular complexity index is 954. The quantitative estimate of drug-likeness (QED) is 0.590. The molecule has 3 rings (SSSR count). The number of rotatable bonds is 8. The van der Waals surface area contributed by atoms with Crippen LogP contribution in [0.4, 0.5) is 0 Å². The summed E-state index contributed by atoms with van der Waals surface area (Å²) in [5.41, 5.74) is 1.67. The van der Waals surface area contributed by atoms with Crippen molar-refractivity contribution in [3.8, 4) is 5.75 Å². The van der Waals surface area contributed by atoms with Crippen LogP contribution in [0.15, 0.2) is 66.7 Å². The van der Waals surface area contributed by atoms with E-state index in [9.17, 15) is 9.59 Å². The number of fused-ring (bicyclic) bond motifs is 1. The van der Waals surface area contributed by atoms with E-state index in [4.69, 9.17) is 4.74 Å². The van der Waals surface area contributed by atoms with Crippen molar-refractivity contribution in [3.63, 3.8) is 0 Å². The van der Waals surface area contributed by atoms with Gasteiger partial charge in [0, 0.05) is 25.1 Å². The average molecular weight is 376 g/mol. The molecule has 0 aromatic heterocycles. The van der Waals surface area contributed by atoms with Gasteiger partial charge in [0.2, 0.25) is 5.91 Å². The van der Waals surface area contributed by atoms with E-state index in [0.29, 0.717) is 31.5 Å². The number of amides is 2. The van der Waals surface area contributed by atoms with E-state index in [2.05, 4.69) is 16.7 Å². The molecule has 5 nitrogen and oxygen atoms in total. The number of benzene rings is 3. The lowest BCUT2D eigenvalue weighted by molar-refractivity contribution is -0.121. The second kappa shape index (κ2) is 9.55. The Kier molecular flexibility index (Phi) is 6.63. The molecule has 0 saturated heterocycles. The van der Waals surface area contributed by atoms with Gasteiger partial charge in [0.25, 0.3) is 5.91 Å². The molecule has 0 atom stereocenters. The first-order valence-corrected chi connectivity index (χ1v) is 9.32. The fourth-order valence-electron chi connectivity index (χ4n) is 2.94. The number of nitrogens with one attached hydrogen (secondary N) is 2. The Labute approximate surface area is 164 Å². The number of ether oxygens (including phenoxy) is 1. The lowest BCUT2D eigenvalue weighted by Crippen LogP contribution is -2.27. The van der Waals surface area contributed by atoms with Crippen LogP contribution in [0, 0.1) is 0 Å². The Hall–Kier alpha value is -3.34. The Morgan fingerprint density at radius 1 is 0.893 bits per heavy atom. The lowest BCUT2D eigenvalue weighted by Gasteiger charge is -2.08. The van der Waals surface area contributed by atoms with Crippen LogP contribution in [-0.2, 0) is 11.3 Å². The molecule has 5 heteroatoms. The smallest absolute Gasteiger partial charge is 0.251 e. The van der Waals surface area contributed by atoms with Gasteiger partial charge in [0.1, 0.15) is 5.75 Å². The van der Waals surface area contributed by atoms with Gasteiger partial charge < -0.3 is 15.4 Å². The van der Waals surface area contributed by atoms with E-state index in [0.717, 1.165) is 22.1 Å². The molecule has 2 amide bonds. The number of carbonyl (C=O) groups is 2. The molecule has 144 valence electrons. The van der Waals surface area contributed by atoms with E-state index in [1.54, 1.807) is 19.2 Å². The monoisotopic (exact) mass is 376 g/mol. The van der Waals surface area contributed by atoms with Gasteiger partial charge in [-0.2, -0.15) is 0 Å². The number of methoxy groups -OCH3 is 1. The van der Waals surface area contributed by atoms with Crippen LogP contribution in [-0.4, -0.2) is 25.5 Å². The number of carbonyl (C=O) groups excluding carboxylic acids is 2. The number of hydrogen-bond donors (Lipinski definition) is 2. The largest absolute Gasteiger partial charge is 0.497 e. The van der Waals surface area contributed by atoms with Crippen molar-refractivity contribution in [2.24, 2.45) is 0 Å². The molecule has 0 bridgehead atoms. The first kappa shape index (κ1) is 19.4. The van der Waals surface area contributed by atoms with Crippen LogP contribution in [0.3, 0.4) is 0 Å². The van der Waals surface area contributed by atoms with Crippen LogP contribution in [0.5, 0.6) is 5.75 Å². The highest BCUT2D eigenvalue weighted by atomic mass is 16.5. The maximum atomic E-state index is 12.0. The second-order valence-corrected chi connectivity index (χ2v) is 6.55. The Balaban J connectivity index is 1.40. The van der Waals surface area contributed by atoms with Gasteiger partial charge in [-0.05, 0) is 53.1 Å². The summed E-state index contributed by atoms with van der Waals surface area (Å²) in [6, 6.07) is 21.1. The third-order valence-corrected chi connectivity index (χ3v) is 4.50. The molecule has 3 aromatic rings. The van der Waals surface area contributed by atoms with E-state index in [1.807, 2.05) is 48.5 Å². The zero-order valence-corrected chi connectivity index (χ0v) is 15.9. The summed E-state index contributed by atoms with van der Waals surface area (Å²) in [4.78, 5) is 24.0. The highest BCUT2D eigenvalue weighted by molar-refractivity contribution is 5.94. The fourth-order valence-corrected chi connectivity index (χ4v) is 2.94. The predicted octanol–water partition coefficient (Wildman–Crippen LogP) is 3.67. The molecule has 0 heterocycles. The van der Waals surface area contributed by atoms with Crippen molar-refractivity contribution < 1.29 is 14.3 Å². The zero-order valence-electron chi connectivity index (χ0n) is 15.9. The minimum absolute atomic E-state index is 0.0243. The fraction of sp³-hybridized carbons (Fsp3) is 0.217. The Morgan fingerprint density at radius 2 is 1.64 bits per heavy atom. The van der Waals surface area contributed by atoms with Crippen LogP contribution in [0.2, 0.25) is 0 Å². The van der Waals surface area contributed by atoms with E-state index < -0.39 is 0 Å². The molecular formula is C23H24N2O3. The molecule has 0 aliphatic carbocycles. The standard InChI is InChI=1S/C23H24N2O3/c1-28-21-12-11-19-14-17(9-10-20(19)15-21)16-25-22(26)8-5-13-24-23(27)18-6-3-2-4-7-18/h2-4,6-7,9-12,14-15H,5,8,13,16H2,1H3,(H,24,27)(H,25,26). The molecule has 2 N–H and O–H groups in total. The first-order valence-electron chi connectivity index (χ1n) is 9.32.